The van der Waals surface area contributed by atoms with Crippen LogP contribution in [0.1, 0.15) is 23.1 Å². The lowest BCUT2D eigenvalue weighted by Crippen LogP contribution is -2.02. The largest absolute Gasteiger partial charge is 0.489 e. The van der Waals surface area contributed by atoms with Gasteiger partial charge in [0.2, 0.25) is 0 Å². The van der Waals surface area contributed by atoms with Crippen molar-refractivity contribution in [2.45, 2.75) is 36.5 Å². The van der Waals surface area contributed by atoms with Crippen LogP contribution < -0.4 is 4.74 Å². The van der Waals surface area contributed by atoms with E-state index in [2.05, 4.69) is 0 Å². The van der Waals surface area contributed by atoms with Crippen molar-refractivity contribution in [2.75, 3.05) is 0 Å². The van der Waals surface area contributed by atoms with Gasteiger partial charge in [0.05, 0.1) is 0 Å². The van der Waals surface area contributed by atoms with E-state index >= 15 is 0 Å². The van der Waals surface area contributed by atoms with Crippen LogP contribution in [0, 0.1) is 6.92 Å². The lowest BCUT2D eigenvalue weighted by atomic mass is 10.1. The molecule has 0 aliphatic rings. The van der Waals surface area contributed by atoms with E-state index < -0.39 is 6.08 Å². The lowest BCUT2D eigenvalue weighted by molar-refractivity contribution is 0.306. The fraction of sp³-hybridized carbons (Fsp3) is 0.200. The Balaban J connectivity index is 1.55. The predicted molar refractivity (Wildman–Crippen MR) is 117 cm³/mol. The number of ether oxygens (including phenoxy) is 1. The molecule has 0 N–H and O–H groups in total. The fourth-order valence-corrected chi connectivity index (χ4v) is 4.15. The van der Waals surface area contributed by atoms with Gasteiger partial charge in [0.1, 0.15) is 12.4 Å². The summed E-state index contributed by atoms with van der Waals surface area (Å²) >= 11 is 1.48. The molecule has 0 bridgehead atoms. The van der Waals surface area contributed by atoms with Crippen LogP contribution in [0.2, 0.25) is 0 Å². The highest BCUT2D eigenvalue weighted by Crippen LogP contribution is 2.29. The number of hydrogen-bond donors (Lipinski definition) is 0. The molecule has 0 saturated carbocycles. The minimum absolute atomic E-state index is 0.268. The highest BCUT2D eigenvalue weighted by Gasteiger charge is 2.11. The smallest absolute Gasteiger partial charge is 0.267 e. The van der Waals surface area contributed by atoms with Crippen molar-refractivity contribution < 1.29 is 13.5 Å². The van der Waals surface area contributed by atoms with Crippen LogP contribution in [0.15, 0.2) is 95.9 Å². The van der Waals surface area contributed by atoms with Crippen LogP contribution in [0.3, 0.4) is 0 Å². The lowest BCUT2D eigenvalue weighted by Gasteiger charge is -2.13. The van der Waals surface area contributed by atoms with E-state index in [4.69, 9.17) is 4.74 Å². The summed E-state index contributed by atoms with van der Waals surface area (Å²) < 4.78 is 31.6. The molecular formula is C25H24F2OS. The van der Waals surface area contributed by atoms with E-state index in [9.17, 15) is 8.78 Å². The predicted octanol–water partition coefficient (Wildman–Crippen LogP) is 7.45. The van der Waals surface area contributed by atoms with Crippen LogP contribution in [-0.2, 0) is 13.0 Å². The second-order valence-electron chi connectivity index (χ2n) is 6.89. The molecule has 3 aromatic rings. The van der Waals surface area contributed by atoms with E-state index in [1.807, 2.05) is 85.8 Å². The van der Waals surface area contributed by atoms with E-state index in [0.717, 1.165) is 39.8 Å². The Morgan fingerprint density at radius 3 is 2.38 bits per heavy atom. The maximum atomic E-state index is 12.9. The standard InChI is InChI=1S/C25H24F2OS/c1-19-6-5-9-23(16-19)29-24(17-25(26)27)15-12-20-10-13-22(14-11-20)28-18-21-7-3-2-4-8-21/h2-11,13-14,16-17,24H,12,15,18H2,1H3. The molecule has 0 amide bonds. The zero-order valence-corrected chi connectivity index (χ0v) is 17.2. The van der Waals surface area contributed by atoms with Crippen molar-refractivity contribution in [3.63, 3.8) is 0 Å². The molecule has 4 heteroatoms. The van der Waals surface area contributed by atoms with Gasteiger partial charge in [-0.1, -0.05) is 60.2 Å². The zero-order chi connectivity index (χ0) is 20.5. The minimum Gasteiger partial charge on any atom is -0.489 e. The Bertz CT molecular complexity index is 919. The highest BCUT2D eigenvalue weighted by atomic mass is 32.2. The third-order valence-corrected chi connectivity index (χ3v) is 5.68. The highest BCUT2D eigenvalue weighted by molar-refractivity contribution is 8.00. The molecule has 0 saturated heterocycles. The van der Waals surface area contributed by atoms with Gasteiger partial charge in [0.25, 0.3) is 6.08 Å². The Morgan fingerprint density at radius 2 is 1.69 bits per heavy atom. The van der Waals surface area contributed by atoms with E-state index in [1.165, 1.54) is 11.8 Å². The van der Waals surface area contributed by atoms with Gasteiger partial charge >= 0.3 is 0 Å². The normalized spacial score (nSPS) is 11.7. The summed E-state index contributed by atoms with van der Waals surface area (Å²) in [5.74, 6) is 0.804. The van der Waals surface area contributed by atoms with Crippen LogP contribution in [0.25, 0.3) is 0 Å². The van der Waals surface area contributed by atoms with Gasteiger partial charge in [0.15, 0.2) is 0 Å². The fourth-order valence-electron chi connectivity index (χ4n) is 2.98. The molecule has 29 heavy (non-hydrogen) atoms. The average molecular weight is 411 g/mol. The zero-order valence-electron chi connectivity index (χ0n) is 16.4. The molecule has 150 valence electrons. The minimum atomic E-state index is -1.63. The third kappa shape index (κ3) is 7.39. The van der Waals surface area contributed by atoms with Crippen molar-refractivity contribution in [1.82, 2.24) is 0 Å². The summed E-state index contributed by atoms with van der Waals surface area (Å²) in [6.07, 6.45) is 0.802. The summed E-state index contributed by atoms with van der Waals surface area (Å²) in [4.78, 5) is 1.01. The van der Waals surface area contributed by atoms with E-state index in [1.54, 1.807) is 0 Å². The molecule has 0 aliphatic heterocycles. The summed E-state index contributed by atoms with van der Waals surface area (Å²) in [6, 6.07) is 25.8. The van der Waals surface area contributed by atoms with Crippen molar-refractivity contribution in [1.29, 1.82) is 0 Å². The molecule has 0 fully saturated rings. The number of hydrogen-bond acceptors (Lipinski definition) is 2. The molecule has 1 atom stereocenters. The number of rotatable bonds is 9. The Labute approximate surface area is 175 Å². The van der Waals surface area contributed by atoms with Gasteiger partial charge in [0, 0.05) is 10.1 Å². The van der Waals surface area contributed by atoms with E-state index in [0.29, 0.717) is 13.0 Å². The molecule has 0 aromatic heterocycles. The van der Waals surface area contributed by atoms with Gasteiger partial charge in [-0.05, 0) is 61.2 Å². The summed E-state index contributed by atoms with van der Waals surface area (Å²) in [6.45, 7) is 2.53. The average Bonchev–Trinajstić information content (AvgIpc) is 2.72. The van der Waals surface area contributed by atoms with Gasteiger partial charge in [-0.15, -0.1) is 11.8 Å². The first-order chi connectivity index (χ1) is 14.1. The molecule has 3 aromatic carbocycles. The quantitative estimate of drug-likeness (QED) is 0.339. The Morgan fingerprint density at radius 1 is 0.931 bits per heavy atom. The van der Waals surface area contributed by atoms with Crippen molar-refractivity contribution in [3.8, 4) is 5.75 Å². The summed E-state index contributed by atoms with van der Waals surface area (Å²) in [7, 11) is 0. The van der Waals surface area contributed by atoms with Crippen molar-refractivity contribution in [2.24, 2.45) is 0 Å². The number of halogens is 2. The molecule has 0 spiro atoms. The van der Waals surface area contributed by atoms with Crippen LogP contribution >= 0.6 is 11.8 Å². The Kier molecular flexibility index (Phi) is 7.88. The van der Waals surface area contributed by atoms with Gasteiger partial charge < -0.3 is 4.74 Å². The molecular weight excluding hydrogens is 386 g/mol. The van der Waals surface area contributed by atoms with E-state index in [-0.39, 0.29) is 5.25 Å². The van der Waals surface area contributed by atoms with Crippen molar-refractivity contribution in [3.05, 3.63) is 108 Å². The summed E-state index contributed by atoms with van der Waals surface area (Å²) in [5, 5.41) is -0.268. The SMILES string of the molecule is Cc1cccc(SC(C=C(F)F)CCc2ccc(OCc3ccccc3)cc2)c1. The molecule has 0 heterocycles. The van der Waals surface area contributed by atoms with Crippen LogP contribution in [0.4, 0.5) is 8.78 Å². The van der Waals surface area contributed by atoms with Gasteiger partial charge in [-0.2, -0.15) is 8.78 Å². The molecule has 0 aliphatic carbocycles. The number of aryl methyl sites for hydroxylation is 2. The molecule has 0 radical (unpaired) electrons. The number of thioether (sulfide) groups is 1. The monoisotopic (exact) mass is 410 g/mol. The molecule has 1 unspecified atom stereocenters. The first-order valence-electron chi connectivity index (χ1n) is 9.60. The topological polar surface area (TPSA) is 9.23 Å². The number of benzene rings is 3. The second kappa shape index (κ2) is 10.8. The van der Waals surface area contributed by atoms with Crippen LogP contribution in [-0.4, -0.2) is 5.25 Å². The van der Waals surface area contributed by atoms with Crippen LogP contribution in [0.5, 0.6) is 5.75 Å². The molecule has 1 nitrogen and oxygen atoms in total. The Hall–Kier alpha value is -2.59. The first kappa shape index (κ1) is 21.1. The molecule has 3 rings (SSSR count). The maximum absolute atomic E-state index is 12.9. The van der Waals surface area contributed by atoms with Gasteiger partial charge in [-0.25, -0.2) is 0 Å². The first-order valence-corrected chi connectivity index (χ1v) is 10.5. The second-order valence-corrected chi connectivity index (χ2v) is 8.20. The summed E-state index contributed by atoms with van der Waals surface area (Å²) in [5.41, 5.74) is 3.36. The third-order valence-electron chi connectivity index (χ3n) is 4.48. The van der Waals surface area contributed by atoms with Gasteiger partial charge in [-0.3, -0.25) is 0 Å². The maximum Gasteiger partial charge on any atom is 0.267 e. The van der Waals surface area contributed by atoms with Crippen molar-refractivity contribution >= 4 is 11.8 Å².